The lowest BCUT2D eigenvalue weighted by atomic mass is 9.55. The van der Waals surface area contributed by atoms with Crippen LogP contribution >= 0.6 is 0 Å². The van der Waals surface area contributed by atoms with Gasteiger partial charge in [0.1, 0.15) is 11.6 Å². The van der Waals surface area contributed by atoms with Crippen LogP contribution in [0.2, 0.25) is 0 Å². The normalized spacial score (nSPS) is 22.2. The third-order valence-electron chi connectivity index (χ3n) is 9.17. The number of hydrogen-bond donors (Lipinski definition) is 1. The first kappa shape index (κ1) is 20.7. The zero-order valence-electron chi connectivity index (χ0n) is 20.5. The Labute approximate surface area is 201 Å². The number of nitrogens with zero attached hydrogens (tertiary/aromatic N) is 6. The van der Waals surface area contributed by atoms with E-state index in [1.807, 2.05) is 24.3 Å². The number of allylic oxidation sites excluding steroid dienone is 2. The molecule has 7 heteroatoms. The Morgan fingerprint density at radius 1 is 1.09 bits per heavy atom. The van der Waals surface area contributed by atoms with Crippen LogP contribution in [0.5, 0.6) is 0 Å². The smallest absolute Gasteiger partial charge is 0.161 e. The molecule has 7 nitrogen and oxygen atoms in total. The van der Waals surface area contributed by atoms with Crippen molar-refractivity contribution in [1.29, 1.82) is 0 Å². The number of fused-ring (bicyclic) bond motifs is 4. The monoisotopic (exact) mass is 457 g/mol. The number of aromatic nitrogens is 6. The van der Waals surface area contributed by atoms with Crippen LogP contribution < -0.4 is 4.90 Å². The van der Waals surface area contributed by atoms with E-state index in [0.717, 1.165) is 54.6 Å². The molecule has 4 heterocycles. The second kappa shape index (κ2) is 7.65. The summed E-state index contributed by atoms with van der Waals surface area (Å²) in [4.78, 5) is 11.7. The molecule has 4 aliphatic carbocycles. The minimum absolute atomic E-state index is 0.462. The van der Waals surface area contributed by atoms with Gasteiger partial charge in [-0.15, -0.1) is 0 Å². The number of aryl methyl sites for hydroxylation is 2. The third kappa shape index (κ3) is 3.23. The van der Waals surface area contributed by atoms with Crippen molar-refractivity contribution < 1.29 is 0 Å². The molecular formula is C27H35N7. The molecule has 0 saturated heterocycles. The highest BCUT2D eigenvalue weighted by Gasteiger charge is 2.47. The Morgan fingerprint density at radius 3 is 2.74 bits per heavy atom. The average molecular weight is 458 g/mol. The van der Waals surface area contributed by atoms with E-state index in [4.69, 9.17) is 10.1 Å². The minimum Gasteiger partial charge on any atom is -0.351 e. The summed E-state index contributed by atoms with van der Waals surface area (Å²) in [6.45, 7) is 7.06. The highest BCUT2D eigenvalue weighted by atomic mass is 15.3. The fourth-order valence-electron chi connectivity index (χ4n) is 7.43. The lowest BCUT2D eigenvalue weighted by Gasteiger charge is -2.51. The highest BCUT2D eigenvalue weighted by Crippen LogP contribution is 2.58. The number of aromatic amines is 1. The van der Waals surface area contributed by atoms with Gasteiger partial charge < -0.3 is 4.90 Å². The van der Waals surface area contributed by atoms with Crippen LogP contribution in [-0.2, 0) is 19.5 Å². The van der Waals surface area contributed by atoms with Gasteiger partial charge in [0.15, 0.2) is 5.65 Å². The summed E-state index contributed by atoms with van der Waals surface area (Å²) < 4.78 is 2.39. The van der Waals surface area contributed by atoms with Crippen LogP contribution in [0.4, 0.5) is 5.82 Å². The predicted octanol–water partition coefficient (Wildman–Crippen LogP) is 5.18. The fraction of sp³-hybridized carbons (Fsp3) is 0.630. The van der Waals surface area contributed by atoms with E-state index in [0.29, 0.717) is 5.41 Å². The molecule has 8 rings (SSSR count). The van der Waals surface area contributed by atoms with Crippen LogP contribution in [0, 0.1) is 25.2 Å². The van der Waals surface area contributed by atoms with E-state index in [1.165, 1.54) is 74.7 Å². The molecule has 0 unspecified atom stereocenters. The van der Waals surface area contributed by atoms with E-state index in [-0.39, 0.29) is 0 Å². The molecule has 2 saturated carbocycles. The van der Waals surface area contributed by atoms with E-state index < -0.39 is 0 Å². The zero-order chi connectivity index (χ0) is 22.9. The maximum absolute atomic E-state index is 5.09. The van der Waals surface area contributed by atoms with Crippen molar-refractivity contribution in [3.63, 3.8) is 0 Å². The minimum atomic E-state index is 0.462. The Kier molecular flexibility index (Phi) is 4.65. The number of nitrogens with one attached hydrogen (secondary N) is 1. The number of H-pyrrole nitrogens is 1. The molecule has 1 aliphatic heterocycles. The summed E-state index contributed by atoms with van der Waals surface area (Å²) in [6.07, 6.45) is 15.5. The van der Waals surface area contributed by atoms with Crippen molar-refractivity contribution in [2.24, 2.45) is 11.3 Å². The number of anilines is 1. The Morgan fingerprint density at radius 2 is 1.94 bits per heavy atom. The topological polar surface area (TPSA) is 75.5 Å². The average Bonchev–Trinajstić information content (AvgIpc) is 3.43. The van der Waals surface area contributed by atoms with E-state index in [1.54, 1.807) is 0 Å². The van der Waals surface area contributed by atoms with Crippen LogP contribution in [0.3, 0.4) is 0 Å². The lowest BCUT2D eigenvalue weighted by Crippen LogP contribution is -2.42. The molecule has 3 aromatic rings. The van der Waals surface area contributed by atoms with Gasteiger partial charge in [-0.2, -0.15) is 10.2 Å². The van der Waals surface area contributed by atoms with Gasteiger partial charge in [-0.1, -0.05) is 30.4 Å². The molecular weight excluding hydrogens is 422 g/mol. The molecule has 0 amide bonds. The van der Waals surface area contributed by atoms with Crippen molar-refractivity contribution >= 4 is 16.9 Å². The van der Waals surface area contributed by atoms with Gasteiger partial charge in [-0.3, -0.25) is 9.78 Å². The number of rotatable bonds is 4. The van der Waals surface area contributed by atoms with Gasteiger partial charge in [-0.05, 0) is 63.7 Å². The Balaban J connectivity index is 1.11. The second-order valence-electron chi connectivity index (χ2n) is 11.4. The molecule has 2 bridgehead atoms. The third-order valence-corrected chi connectivity index (χ3v) is 9.17. The van der Waals surface area contributed by atoms with Crippen molar-refractivity contribution in [2.45, 2.75) is 91.1 Å². The fourth-order valence-corrected chi connectivity index (χ4v) is 7.43. The van der Waals surface area contributed by atoms with Crippen molar-refractivity contribution in [1.82, 2.24) is 29.9 Å². The Bertz CT molecular complexity index is 1280. The predicted molar refractivity (Wildman–Crippen MR) is 133 cm³/mol. The molecule has 3 aromatic heterocycles. The summed E-state index contributed by atoms with van der Waals surface area (Å²) in [5.41, 5.74) is 9.01. The first-order chi connectivity index (χ1) is 16.6. The standard InChI is InChI=1S/C27H35N7/c1-17-23-15-33(26-22-14-28-31-25(22)29-18(2)30-26)11-9-24(23)34(32-17)16-27-10-8-21(20(12-27)13-27)19-6-4-3-5-7-19/h14,19H,3-13,15-16H2,1-2H3,(H,28,29,30,31). The van der Waals surface area contributed by atoms with Gasteiger partial charge in [0.25, 0.3) is 0 Å². The molecule has 2 fully saturated rings. The lowest BCUT2D eigenvalue weighted by molar-refractivity contribution is 0.118. The van der Waals surface area contributed by atoms with Gasteiger partial charge in [0.05, 0.1) is 17.3 Å². The molecule has 1 N–H and O–H groups in total. The van der Waals surface area contributed by atoms with Crippen molar-refractivity contribution in [3.05, 3.63) is 40.1 Å². The van der Waals surface area contributed by atoms with Gasteiger partial charge in [0, 0.05) is 37.3 Å². The molecule has 34 heavy (non-hydrogen) atoms. The van der Waals surface area contributed by atoms with Crippen molar-refractivity contribution in [2.75, 3.05) is 11.4 Å². The van der Waals surface area contributed by atoms with Gasteiger partial charge in [-0.25, -0.2) is 9.97 Å². The summed E-state index contributed by atoms with van der Waals surface area (Å²) in [5, 5.41) is 13.3. The molecule has 178 valence electrons. The molecule has 5 aliphatic rings. The van der Waals surface area contributed by atoms with Crippen LogP contribution in [0.1, 0.15) is 80.6 Å². The second-order valence-corrected chi connectivity index (χ2v) is 11.4. The van der Waals surface area contributed by atoms with Gasteiger partial charge >= 0.3 is 0 Å². The first-order valence-electron chi connectivity index (χ1n) is 13.3. The number of hydrogen-bond acceptors (Lipinski definition) is 5. The van der Waals surface area contributed by atoms with Crippen molar-refractivity contribution in [3.8, 4) is 0 Å². The summed E-state index contributed by atoms with van der Waals surface area (Å²) in [7, 11) is 0. The summed E-state index contributed by atoms with van der Waals surface area (Å²) >= 11 is 0. The largest absolute Gasteiger partial charge is 0.351 e. The van der Waals surface area contributed by atoms with E-state index in [2.05, 4.69) is 31.7 Å². The molecule has 0 radical (unpaired) electrons. The Hall–Kier alpha value is -2.70. The first-order valence-corrected chi connectivity index (χ1v) is 13.3. The van der Waals surface area contributed by atoms with Crippen LogP contribution in [-0.4, -0.2) is 36.5 Å². The highest BCUT2D eigenvalue weighted by molar-refractivity contribution is 5.86. The van der Waals surface area contributed by atoms with E-state index in [9.17, 15) is 0 Å². The molecule has 0 aromatic carbocycles. The SMILES string of the molecule is Cc1nc(N2CCc3c(c(C)nn3CC34CCC(C5CCCCC5)=C(C3)C4)C2)c2cn[nH]c2n1. The summed E-state index contributed by atoms with van der Waals surface area (Å²) in [6, 6.07) is 0. The maximum Gasteiger partial charge on any atom is 0.161 e. The van der Waals surface area contributed by atoms with Crippen LogP contribution in [0.25, 0.3) is 11.0 Å². The van der Waals surface area contributed by atoms with Crippen LogP contribution in [0.15, 0.2) is 17.3 Å². The summed E-state index contributed by atoms with van der Waals surface area (Å²) in [5.74, 6) is 2.69. The molecule has 0 atom stereocenters. The zero-order valence-corrected chi connectivity index (χ0v) is 20.5. The van der Waals surface area contributed by atoms with E-state index >= 15 is 0 Å². The molecule has 0 spiro atoms. The maximum atomic E-state index is 5.09. The van der Waals surface area contributed by atoms with Gasteiger partial charge in [0.2, 0.25) is 0 Å². The quantitative estimate of drug-likeness (QED) is 0.546.